The number of aromatic hydroxyl groups is 1. The maximum atomic E-state index is 13.3. The van der Waals surface area contributed by atoms with Crippen LogP contribution in [0, 0.1) is 20.8 Å². The molecule has 8 heteroatoms. The number of ether oxygens (including phenoxy) is 2. The Morgan fingerprint density at radius 2 is 1.81 bits per heavy atom. The zero-order valence-corrected chi connectivity index (χ0v) is 22.0. The molecule has 7 nitrogen and oxygen atoms in total. The number of nitrogens with one attached hydrogen (secondary N) is 1. The standard InChI is InChI=1S/C28H33NO6S/c1-5-6-7-12-28(14-21(30)23-18(4)24(31)16(2)17(3)25(23)35-28)15-34-20-10-8-19(9-11-20)13-22-26(32)29-27(33)36-22/h8-11,22,31H,5-7,12-15H2,1-4H3,(H,29,32,33). The molecule has 36 heavy (non-hydrogen) atoms. The number of carbonyl (C=O) groups is 3. The van der Waals surface area contributed by atoms with Crippen molar-refractivity contribution >= 4 is 28.7 Å². The van der Waals surface area contributed by atoms with E-state index in [2.05, 4.69) is 12.2 Å². The van der Waals surface area contributed by atoms with Crippen LogP contribution in [0.5, 0.6) is 17.2 Å². The van der Waals surface area contributed by atoms with Gasteiger partial charge in [-0.05, 0) is 68.9 Å². The maximum absolute atomic E-state index is 13.3. The number of hydrogen-bond acceptors (Lipinski definition) is 7. The van der Waals surface area contributed by atoms with E-state index in [1.165, 1.54) is 0 Å². The third kappa shape index (κ3) is 5.24. The number of carbonyl (C=O) groups excluding carboxylic acids is 3. The lowest BCUT2D eigenvalue weighted by molar-refractivity contribution is -0.118. The van der Waals surface area contributed by atoms with Gasteiger partial charge in [-0.2, -0.15) is 0 Å². The van der Waals surface area contributed by atoms with Crippen LogP contribution in [0.15, 0.2) is 24.3 Å². The second-order valence-corrected chi connectivity index (χ2v) is 11.0. The van der Waals surface area contributed by atoms with Crippen LogP contribution in [0.25, 0.3) is 0 Å². The van der Waals surface area contributed by atoms with Crippen molar-refractivity contribution in [2.24, 2.45) is 0 Å². The minimum Gasteiger partial charge on any atom is -0.507 e. The summed E-state index contributed by atoms with van der Waals surface area (Å²) >= 11 is 1.01. The minimum absolute atomic E-state index is 0.0375. The number of phenols is 1. The van der Waals surface area contributed by atoms with E-state index in [9.17, 15) is 19.5 Å². The van der Waals surface area contributed by atoms with E-state index < -0.39 is 10.9 Å². The summed E-state index contributed by atoms with van der Waals surface area (Å²) in [5.41, 5.74) is 2.67. The lowest BCUT2D eigenvalue weighted by Crippen LogP contribution is -2.47. The molecule has 0 bridgehead atoms. The average Bonchev–Trinajstić information content (AvgIpc) is 3.17. The molecule has 2 amide bonds. The van der Waals surface area contributed by atoms with Crippen LogP contribution in [0.4, 0.5) is 4.79 Å². The fourth-order valence-corrected chi connectivity index (χ4v) is 5.73. The highest BCUT2D eigenvalue weighted by Crippen LogP contribution is 2.44. The van der Waals surface area contributed by atoms with E-state index in [-0.39, 0.29) is 35.7 Å². The van der Waals surface area contributed by atoms with Crippen LogP contribution in [0.3, 0.4) is 0 Å². The number of unbranched alkanes of at least 4 members (excludes halogenated alkanes) is 2. The molecule has 2 aliphatic heterocycles. The van der Waals surface area contributed by atoms with E-state index in [4.69, 9.17) is 9.47 Å². The Morgan fingerprint density at radius 1 is 1.08 bits per heavy atom. The number of rotatable bonds is 9. The maximum Gasteiger partial charge on any atom is 0.286 e. The average molecular weight is 512 g/mol. The summed E-state index contributed by atoms with van der Waals surface area (Å²) in [7, 11) is 0. The van der Waals surface area contributed by atoms with Crippen molar-refractivity contribution in [1.82, 2.24) is 5.32 Å². The molecule has 2 unspecified atom stereocenters. The lowest BCUT2D eigenvalue weighted by atomic mass is 9.83. The number of amides is 2. The molecule has 2 aliphatic rings. The Labute approximate surface area is 215 Å². The summed E-state index contributed by atoms with van der Waals surface area (Å²) < 4.78 is 12.8. The summed E-state index contributed by atoms with van der Waals surface area (Å²) in [5, 5.41) is 12.1. The molecule has 4 rings (SSSR count). The molecule has 0 aliphatic carbocycles. The van der Waals surface area contributed by atoms with Gasteiger partial charge < -0.3 is 14.6 Å². The van der Waals surface area contributed by atoms with Crippen LogP contribution in [0.1, 0.15) is 71.6 Å². The first-order valence-electron chi connectivity index (χ1n) is 12.4. The zero-order chi connectivity index (χ0) is 26.0. The number of imide groups is 1. The number of fused-ring (bicyclic) bond motifs is 1. The van der Waals surface area contributed by atoms with Crippen molar-refractivity contribution in [3.63, 3.8) is 0 Å². The lowest BCUT2D eigenvalue weighted by Gasteiger charge is -2.39. The van der Waals surface area contributed by atoms with E-state index >= 15 is 0 Å². The van der Waals surface area contributed by atoms with Crippen LogP contribution in [-0.2, 0) is 11.2 Å². The number of Topliss-reactive ketones (excluding diaryl/α,β-unsaturated/α-hetero) is 1. The predicted octanol–water partition coefficient (Wildman–Crippen LogP) is 5.57. The van der Waals surface area contributed by atoms with Crippen LogP contribution in [-0.4, -0.2) is 39.5 Å². The number of phenolic OH excluding ortho intramolecular Hbond substituents is 1. The third-order valence-corrected chi connectivity index (χ3v) is 8.13. The summed E-state index contributed by atoms with van der Waals surface area (Å²) in [5.74, 6) is 1.05. The second-order valence-electron chi connectivity index (χ2n) is 9.79. The van der Waals surface area contributed by atoms with Crippen molar-refractivity contribution in [2.75, 3.05) is 6.61 Å². The van der Waals surface area contributed by atoms with E-state index in [0.717, 1.165) is 47.7 Å². The highest BCUT2D eigenvalue weighted by Gasteiger charge is 2.43. The Bertz CT molecular complexity index is 1190. The molecular formula is C28H33NO6S. The van der Waals surface area contributed by atoms with Gasteiger partial charge in [0.2, 0.25) is 5.91 Å². The molecule has 0 saturated carbocycles. The summed E-state index contributed by atoms with van der Waals surface area (Å²) in [6, 6.07) is 7.45. The molecule has 1 saturated heterocycles. The van der Waals surface area contributed by atoms with Gasteiger partial charge in [-0.15, -0.1) is 0 Å². The van der Waals surface area contributed by atoms with Crippen LogP contribution >= 0.6 is 11.8 Å². The highest BCUT2D eigenvalue weighted by atomic mass is 32.2. The molecule has 2 N–H and O–H groups in total. The number of hydrogen-bond donors (Lipinski definition) is 2. The summed E-state index contributed by atoms with van der Waals surface area (Å²) in [6.07, 6.45) is 4.33. The predicted molar refractivity (Wildman–Crippen MR) is 139 cm³/mol. The van der Waals surface area contributed by atoms with Crippen molar-refractivity contribution in [3.05, 3.63) is 52.1 Å². The number of thioether (sulfide) groups is 1. The molecule has 2 aromatic carbocycles. The van der Waals surface area contributed by atoms with E-state index in [1.54, 1.807) is 6.92 Å². The van der Waals surface area contributed by atoms with Gasteiger partial charge in [0.1, 0.15) is 23.9 Å². The minimum atomic E-state index is -0.794. The van der Waals surface area contributed by atoms with Gasteiger partial charge >= 0.3 is 0 Å². The van der Waals surface area contributed by atoms with Crippen molar-refractivity contribution < 1.29 is 29.0 Å². The topological polar surface area (TPSA) is 102 Å². The molecular weight excluding hydrogens is 478 g/mol. The molecule has 2 aromatic rings. The van der Waals surface area contributed by atoms with E-state index in [1.807, 2.05) is 38.1 Å². The molecule has 192 valence electrons. The normalized spacial score (nSPS) is 21.2. The van der Waals surface area contributed by atoms with Gasteiger partial charge in [-0.3, -0.25) is 19.7 Å². The Kier molecular flexibility index (Phi) is 7.64. The molecule has 2 atom stereocenters. The first-order valence-corrected chi connectivity index (χ1v) is 13.3. The van der Waals surface area contributed by atoms with Gasteiger partial charge in [0, 0.05) is 5.56 Å². The Morgan fingerprint density at radius 3 is 2.44 bits per heavy atom. The molecule has 1 fully saturated rings. The highest BCUT2D eigenvalue weighted by molar-refractivity contribution is 8.15. The molecule has 0 radical (unpaired) electrons. The quantitative estimate of drug-likeness (QED) is 0.424. The van der Waals surface area contributed by atoms with Gasteiger partial charge in [-0.1, -0.05) is 43.7 Å². The van der Waals surface area contributed by atoms with Gasteiger partial charge in [0.15, 0.2) is 11.4 Å². The largest absolute Gasteiger partial charge is 0.507 e. The Hall–Kier alpha value is -3.00. The fourth-order valence-electron chi connectivity index (χ4n) is 4.87. The fraction of sp³-hybridized carbons (Fsp3) is 0.464. The van der Waals surface area contributed by atoms with Gasteiger partial charge in [-0.25, -0.2) is 0 Å². The monoisotopic (exact) mass is 511 g/mol. The SMILES string of the molecule is CCCCCC1(COc2ccc(CC3SC(=O)NC3=O)cc2)CC(=O)c2c(C)c(O)c(C)c(C)c2O1. The zero-order valence-electron chi connectivity index (χ0n) is 21.2. The number of ketones is 1. The molecule has 2 heterocycles. The van der Waals surface area contributed by atoms with Crippen molar-refractivity contribution in [2.45, 2.75) is 77.1 Å². The summed E-state index contributed by atoms with van der Waals surface area (Å²) in [4.78, 5) is 36.6. The first kappa shape index (κ1) is 26.1. The number of benzene rings is 2. The van der Waals surface area contributed by atoms with Gasteiger partial charge in [0.05, 0.1) is 17.2 Å². The van der Waals surface area contributed by atoms with E-state index in [0.29, 0.717) is 35.5 Å². The first-order chi connectivity index (χ1) is 17.1. The smallest absolute Gasteiger partial charge is 0.286 e. The summed E-state index contributed by atoms with van der Waals surface area (Å²) in [6.45, 7) is 7.82. The van der Waals surface area contributed by atoms with Crippen molar-refractivity contribution in [1.29, 1.82) is 0 Å². The second kappa shape index (κ2) is 10.5. The van der Waals surface area contributed by atoms with Crippen LogP contribution in [0.2, 0.25) is 0 Å². The molecule has 0 spiro atoms. The Balaban J connectivity index is 1.52. The van der Waals surface area contributed by atoms with Gasteiger partial charge in [0.25, 0.3) is 5.24 Å². The third-order valence-electron chi connectivity index (χ3n) is 7.14. The molecule has 0 aromatic heterocycles. The van der Waals surface area contributed by atoms with Crippen LogP contribution < -0.4 is 14.8 Å². The van der Waals surface area contributed by atoms with Crippen molar-refractivity contribution in [3.8, 4) is 17.2 Å².